The fraction of sp³-hybridized carbons (Fsp3) is 0.278. The summed E-state index contributed by atoms with van der Waals surface area (Å²) in [6.07, 6.45) is 4.32. The van der Waals surface area contributed by atoms with Gasteiger partial charge in [0.25, 0.3) is 5.91 Å². The molecule has 2 rings (SSSR count). The number of aromatic nitrogens is 1. The zero-order valence-corrected chi connectivity index (χ0v) is 16.1. The van der Waals surface area contributed by atoms with E-state index in [9.17, 15) is 9.59 Å². The molecule has 142 valence electrons. The minimum Gasteiger partial charge on any atom is -0.352 e. The number of nitrogens with two attached hydrogens (primary N) is 1. The summed E-state index contributed by atoms with van der Waals surface area (Å²) in [5.74, 6) is -0.208. The Morgan fingerprint density at radius 1 is 1.08 bits per heavy atom. The maximum absolute atomic E-state index is 12.1. The van der Waals surface area contributed by atoms with Crippen LogP contribution in [0.1, 0.15) is 35.7 Å². The molecule has 0 radical (unpaired) electrons. The average molecular weight is 399 g/mol. The molecule has 0 fully saturated rings. The fourth-order valence-corrected chi connectivity index (χ4v) is 2.06. The quantitative estimate of drug-likeness (QED) is 0.667. The smallest absolute Gasteiger partial charge is 0.255 e. The second-order valence-corrected chi connectivity index (χ2v) is 5.68. The molecule has 0 saturated heterocycles. The molecule has 26 heavy (non-hydrogen) atoms. The first-order chi connectivity index (χ1) is 11.5. The molecule has 1 unspecified atom stereocenters. The Morgan fingerprint density at radius 2 is 1.69 bits per heavy atom. The van der Waals surface area contributed by atoms with Crippen LogP contribution < -0.4 is 16.4 Å². The number of hydrogen-bond donors (Lipinski definition) is 3. The summed E-state index contributed by atoms with van der Waals surface area (Å²) < 4.78 is 0. The first-order valence-electron chi connectivity index (χ1n) is 7.87. The van der Waals surface area contributed by atoms with Crippen LogP contribution in [0.3, 0.4) is 0 Å². The molecule has 0 saturated carbocycles. The molecule has 8 heteroatoms. The van der Waals surface area contributed by atoms with Crippen molar-refractivity contribution in [2.75, 3.05) is 5.32 Å². The summed E-state index contributed by atoms with van der Waals surface area (Å²) in [5.41, 5.74) is 7.81. The van der Waals surface area contributed by atoms with Crippen molar-refractivity contribution in [3.05, 3.63) is 59.9 Å². The number of nitrogens with one attached hydrogen (secondary N) is 2. The number of nitrogens with zero attached hydrogens (tertiary/aromatic N) is 1. The van der Waals surface area contributed by atoms with Crippen LogP contribution in [0.25, 0.3) is 0 Å². The van der Waals surface area contributed by atoms with Crippen molar-refractivity contribution in [2.45, 2.75) is 32.4 Å². The molecule has 6 nitrogen and oxygen atoms in total. The van der Waals surface area contributed by atoms with E-state index in [1.54, 1.807) is 36.7 Å². The first-order valence-corrected chi connectivity index (χ1v) is 7.87. The molecule has 2 amide bonds. The van der Waals surface area contributed by atoms with E-state index < -0.39 is 0 Å². The highest BCUT2D eigenvalue weighted by Gasteiger charge is 2.07. The highest BCUT2D eigenvalue weighted by molar-refractivity contribution is 6.04. The Hall–Kier alpha value is -2.15. The van der Waals surface area contributed by atoms with Crippen molar-refractivity contribution in [1.29, 1.82) is 0 Å². The monoisotopic (exact) mass is 398 g/mol. The van der Waals surface area contributed by atoms with E-state index in [0.29, 0.717) is 30.6 Å². The van der Waals surface area contributed by atoms with Gasteiger partial charge in [-0.25, -0.2) is 0 Å². The molecular weight excluding hydrogens is 375 g/mol. The van der Waals surface area contributed by atoms with Crippen LogP contribution in [0.5, 0.6) is 0 Å². The van der Waals surface area contributed by atoms with Gasteiger partial charge in [-0.15, -0.1) is 24.8 Å². The number of anilines is 1. The molecule has 4 N–H and O–H groups in total. The molecular formula is C18H24Cl2N4O2. The Kier molecular flexibility index (Phi) is 11.2. The van der Waals surface area contributed by atoms with Gasteiger partial charge >= 0.3 is 0 Å². The molecule has 0 aliphatic carbocycles. The Labute approximate surface area is 165 Å². The number of carbonyl (C=O) groups excluding carboxylic acids is 2. The van der Waals surface area contributed by atoms with E-state index in [-0.39, 0.29) is 42.7 Å². The van der Waals surface area contributed by atoms with Crippen molar-refractivity contribution in [1.82, 2.24) is 10.3 Å². The summed E-state index contributed by atoms with van der Waals surface area (Å²) in [7, 11) is 0. The molecule has 0 spiro atoms. The largest absolute Gasteiger partial charge is 0.352 e. The molecule has 0 aliphatic rings. The van der Waals surface area contributed by atoms with E-state index in [1.165, 1.54) is 0 Å². The zero-order chi connectivity index (χ0) is 17.4. The van der Waals surface area contributed by atoms with Crippen molar-refractivity contribution >= 4 is 42.3 Å². The van der Waals surface area contributed by atoms with Gasteiger partial charge in [-0.2, -0.15) is 0 Å². The summed E-state index contributed by atoms with van der Waals surface area (Å²) in [6.45, 7) is 2.31. The van der Waals surface area contributed by atoms with Crippen LogP contribution in [0.2, 0.25) is 0 Å². The normalized spacial score (nSPS) is 10.7. The standard InChI is InChI=1S/C18H22N4O2.2ClH/c1-13(19)2-7-17(23)21-12-14-3-5-15(6-4-14)18(24)22-16-8-10-20-11-9-16;;/h3-6,8-11,13H,2,7,12,19H2,1H3,(H,21,23)(H,20,22,24);2*1H. The maximum atomic E-state index is 12.1. The summed E-state index contributed by atoms with van der Waals surface area (Å²) in [6, 6.07) is 10.6. The minimum absolute atomic E-state index is 0. The van der Waals surface area contributed by atoms with Crippen molar-refractivity contribution in [3.8, 4) is 0 Å². The van der Waals surface area contributed by atoms with Gasteiger partial charge in [-0.1, -0.05) is 12.1 Å². The fourth-order valence-electron chi connectivity index (χ4n) is 2.06. The van der Waals surface area contributed by atoms with Crippen molar-refractivity contribution in [3.63, 3.8) is 0 Å². The van der Waals surface area contributed by atoms with Gasteiger partial charge in [0.15, 0.2) is 0 Å². The molecule has 1 aromatic carbocycles. The average Bonchev–Trinajstić information content (AvgIpc) is 2.59. The first kappa shape index (κ1) is 23.9. The number of carbonyl (C=O) groups is 2. The predicted molar refractivity (Wildman–Crippen MR) is 108 cm³/mol. The Bertz CT molecular complexity index is 679. The number of rotatable bonds is 7. The Morgan fingerprint density at radius 3 is 2.27 bits per heavy atom. The van der Waals surface area contributed by atoms with Crippen LogP contribution in [-0.4, -0.2) is 22.8 Å². The topological polar surface area (TPSA) is 97.1 Å². The van der Waals surface area contributed by atoms with E-state index in [4.69, 9.17) is 5.73 Å². The van der Waals surface area contributed by atoms with Crippen molar-refractivity contribution < 1.29 is 9.59 Å². The van der Waals surface area contributed by atoms with Gasteiger partial charge in [0.2, 0.25) is 5.91 Å². The molecule has 1 atom stereocenters. The number of amides is 2. The molecule has 2 aromatic rings. The number of halogens is 2. The third-order valence-electron chi connectivity index (χ3n) is 3.47. The third kappa shape index (κ3) is 8.29. The molecule has 0 aliphatic heterocycles. The lowest BCUT2D eigenvalue weighted by Crippen LogP contribution is -2.25. The van der Waals surface area contributed by atoms with Gasteiger partial charge in [0.05, 0.1) is 0 Å². The summed E-state index contributed by atoms with van der Waals surface area (Å²) in [5, 5.41) is 5.64. The highest BCUT2D eigenvalue weighted by atomic mass is 35.5. The SMILES string of the molecule is CC(N)CCC(=O)NCc1ccc(C(=O)Nc2ccncc2)cc1.Cl.Cl. The van der Waals surface area contributed by atoms with Crippen molar-refractivity contribution in [2.24, 2.45) is 5.73 Å². The van der Waals surface area contributed by atoms with Crippen LogP contribution >= 0.6 is 24.8 Å². The van der Waals surface area contributed by atoms with E-state index in [0.717, 1.165) is 5.56 Å². The second kappa shape index (κ2) is 12.2. The Balaban J connectivity index is 0.00000312. The minimum atomic E-state index is -0.186. The lowest BCUT2D eigenvalue weighted by molar-refractivity contribution is -0.121. The van der Waals surface area contributed by atoms with Gasteiger partial charge in [-0.05, 0) is 43.2 Å². The van der Waals surface area contributed by atoms with Crippen LogP contribution in [0.15, 0.2) is 48.8 Å². The van der Waals surface area contributed by atoms with Crippen LogP contribution in [0.4, 0.5) is 5.69 Å². The van der Waals surface area contributed by atoms with E-state index in [1.807, 2.05) is 19.1 Å². The van der Waals surface area contributed by atoms with Gasteiger partial charge in [0.1, 0.15) is 0 Å². The molecule has 1 heterocycles. The lowest BCUT2D eigenvalue weighted by atomic mass is 10.1. The van der Waals surface area contributed by atoms with Gasteiger partial charge in [0, 0.05) is 42.7 Å². The lowest BCUT2D eigenvalue weighted by Gasteiger charge is -2.08. The van der Waals surface area contributed by atoms with Crippen LogP contribution in [0, 0.1) is 0 Å². The van der Waals surface area contributed by atoms with E-state index >= 15 is 0 Å². The van der Waals surface area contributed by atoms with E-state index in [2.05, 4.69) is 15.6 Å². The molecule has 0 bridgehead atoms. The summed E-state index contributed by atoms with van der Waals surface area (Å²) in [4.78, 5) is 27.7. The number of benzene rings is 1. The highest BCUT2D eigenvalue weighted by Crippen LogP contribution is 2.09. The summed E-state index contributed by atoms with van der Waals surface area (Å²) >= 11 is 0. The third-order valence-corrected chi connectivity index (χ3v) is 3.47. The predicted octanol–water partition coefficient (Wildman–Crippen LogP) is 2.92. The maximum Gasteiger partial charge on any atom is 0.255 e. The van der Waals surface area contributed by atoms with Crippen LogP contribution in [-0.2, 0) is 11.3 Å². The van der Waals surface area contributed by atoms with Gasteiger partial charge in [-0.3, -0.25) is 14.6 Å². The van der Waals surface area contributed by atoms with Gasteiger partial charge < -0.3 is 16.4 Å². The zero-order valence-electron chi connectivity index (χ0n) is 14.5. The number of hydrogen-bond acceptors (Lipinski definition) is 4. The second-order valence-electron chi connectivity index (χ2n) is 5.68. The number of pyridine rings is 1. The molecule has 1 aromatic heterocycles.